The Morgan fingerprint density at radius 3 is 2.67 bits per heavy atom. The van der Waals surface area contributed by atoms with Gasteiger partial charge in [0.05, 0.1) is 16.8 Å². The van der Waals surface area contributed by atoms with E-state index in [2.05, 4.69) is 10.0 Å². The van der Waals surface area contributed by atoms with E-state index < -0.39 is 15.4 Å². The van der Waals surface area contributed by atoms with Crippen LogP contribution in [0.5, 0.6) is 5.75 Å². The normalized spacial score (nSPS) is 16.5. The van der Waals surface area contributed by atoms with Crippen molar-refractivity contribution in [1.82, 2.24) is 0 Å². The number of thiophene rings is 1. The van der Waals surface area contributed by atoms with Gasteiger partial charge in [0.15, 0.2) is 0 Å². The Bertz CT molecular complexity index is 901. The molecule has 0 atom stereocenters. The van der Waals surface area contributed by atoms with E-state index in [-0.39, 0.29) is 16.7 Å². The summed E-state index contributed by atoms with van der Waals surface area (Å²) in [5.74, 6) is 0.306. The molecule has 2 aromatic rings. The summed E-state index contributed by atoms with van der Waals surface area (Å²) in [6, 6.07) is 8.14. The van der Waals surface area contributed by atoms with Crippen molar-refractivity contribution >= 4 is 38.6 Å². The summed E-state index contributed by atoms with van der Waals surface area (Å²) < 4.78 is 33.3. The van der Waals surface area contributed by atoms with Crippen LogP contribution < -0.4 is 14.8 Å². The molecule has 2 heterocycles. The molecule has 0 aliphatic carbocycles. The molecule has 6 nitrogen and oxygen atoms in total. The predicted octanol–water partition coefficient (Wildman–Crippen LogP) is 3.21. The lowest BCUT2D eigenvalue weighted by Gasteiger charge is -2.18. The highest BCUT2D eigenvalue weighted by molar-refractivity contribution is 7.94. The minimum atomic E-state index is -3.64. The molecule has 0 saturated carbocycles. The lowest BCUT2D eigenvalue weighted by molar-refractivity contribution is -0.124. The van der Waals surface area contributed by atoms with Gasteiger partial charge in [-0.1, -0.05) is 0 Å². The maximum absolute atomic E-state index is 12.4. The van der Waals surface area contributed by atoms with Crippen molar-refractivity contribution in [1.29, 1.82) is 0 Å². The highest BCUT2D eigenvalue weighted by Gasteiger charge is 2.32. The fourth-order valence-electron chi connectivity index (χ4n) is 2.19. The summed E-state index contributed by atoms with van der Waals surface area (Å²) in [6.07, 6.45) is 0. The first kappa shape index (κ1) is 16.8. The Labute approximate surface area is 144 Å². The second-order valence-corrected chi connectivity index (χ2v) is 9.51. The Kier molecular flexibility index (Phi) is 4.05. The molecule has 0 spiro atoms. The predicted molar refractivity (Wildman–Crippen MR) is 94.2 cm³/mol. The summed E-state index contributed by atoms with van der Waals surface area (Å²) in [5, 5.41) is 2.80. The van der Waals surface area contributed by atoms with Gasteiger partial charge in [-0.25, -0.2) is 8.42 Å². The van der Waals surface area contributed by atoms with E-state index in [4.69, 9.17) is 4.74 Å². The largest absolute Gasteiger partial charge is 0.490 e. The quantitative estimate of drug-likeness (QED) is 0.873. The van der Waals surface area contributed by atoms with Gasteiger partial charge in [0.2, 0.25) is 5.91 Å². The van der Waals surface area contributed by atoms with E-state index in [9.17, 15) is 13.2 Å². The fourth-order valence-corrected chi connectivity index (χ4v) is 4.52. The molecule has 1 aliphatic heterocycles. The number of hydrogen-bond donors (Lipinski definition) is 2. The molecule has 2 N–H and O–H groups in total. The van der Waals surface area contributed by atoms with Crippen molar-refractivity contribution in [3.63, 3.8) is 0 Å². The van der Waals surface area contributed by atoms with Crippen molar-refractivity contribution in [3.05, 3.63) is 35.2 Å². The number of amides is 1. The van der Waals surface area contributed by atoms with Gasteiger partial charge in [-0.2, -0.15) is 0 Å². The van der Waals surface area contributed by atoms with Crippen LogP contribution in [0.25, 0.3) is 0 Å². The van der Waals surface area contributed by atoms with Crippen LogP contribution in [-0.4, -0.2) is 20.9 Å². The van der Waals surface area contributed by atoms with Gasteiger partial charge in [0.25, 0.3) is 10.0 Å². The number of anilines is 2. The number of benzene rings is 1. The van der Waals surface area contributed by atoms with Crippen LogP contribution in [0.15, 0.2) is 34.5 Å². The van der Waals surface area contributed by atoms with E-state index in [1.54, 1.807) is 44.2 Å². The molecule has 0 fully saturated rings. The maximum Gasteiger partial charge on any atom is 0.271 e. The van der Waals surface area contributed by atoms with Crippen LogP contribution in [0.3, 0.4) is 0 Å². The molecule has 0 saturated heterocycles. The summed E-state index contributed by atoms with van der Waals surface area (Å²) in [4.78, 5) is 13.0. The highest BCUT2D eigenvalue weighted by atomic mass is 32.2. The van der Waals surface area contributed by atoms with E-state index in [1.165, 1.54) is 11.3 Å². The molecule has 1 aromatic heterocycles. The van der Waals surface area contributed by atoms with Crippen LogP contribution in [0.2, 0.25) is 0 Å². The lowest BCUT2D eigenvalue weighted by Crippen LogP contribution is -2.33. The smallest absolute Gasteiger partial charge is 0.271 e. The molecule has 0 bridgehead atoms. The van der Waals surface area contributed by atoms with Crippen molar-refractivity contribution < 1.29 is 17.9 Å². The molecule has 3 rings (SSSR count). The van der Waals surface area contributed by atoms with E-state index in [1.807, 2.05) is 6.92 Å². The zero-order chi connectivity index (χ0) is 17.5. The number of carbonyl (C=O) groups excluding carboxylic acids is 1. The van der Waals surface area contributed by atoms with Gasteiger partial charge in [-0.3, -0.25) is 9.52 Å². The highest BCUT2D eigenvalue weighted by Crippen LogP contribution is 2.35. The average Bonchev–Trinajstić information content (AvgIpc) is 2.90. The molecule has 1 amide bonds. The molecule has 0 radical (unpaired) electrons. The first-order chi connectivity index (χ1) is 11.2. The molecule has 1 aromatic carbocycles. The van der Waals surface area contributed by atoms with Crippen molar-refractivity contribution in [2.24, 2.45) is 5.41 Å². The topological polar surface area (TPSA) is 84.5 Å². The summed E-state index contributed by atoms with van der Waals surface area (Å²) in [6.45, 7) is 5.64. The number of nitrogens with one attached hydrogen (secondary N) is 2. The summed E-state index contributed by atoms with van der Waals surface area (Å²) >= 11 is 1.21. The molecular formula is C16H18N2O4S2. The Balaban J connectivity index is 1.88. The molecule has 0 unspecified atom stereocenters. The van der Waals surface area contributed by atoms with E-state index in [0.29, 0.717) is 17.1 Å². The van der Waals surface area contributed by atoms with Gasteiger partial charge in [0, 0.05) is 10.9 Å². The first-order valence-corrected chi connectivity index (χ1v) is 9.65. The molecule has 1 aliphatic rings. The number of aryl methyl sites for hydroxylation is 1. The third-order valence-electron chi connectivity index (χ3n) is 3.67. The van der Waals surface area contributed by atoms with Gasteiger partial charge >= 0.3 is 0 Å². The van der Waals surface area contributed by atoms with Gasteiger partial charge < -0.3 is 10.1 Å². The number of hydrogen-bond acceptors (Lipinski definition) is 5. The lowest BCUT2D eigenvalue weighted by atomic mass is 9.94. The van der Waals surface area contributed by atoms with Gasteiger partial charge in [-0.15, -0.1) is 11.3 Å². The average molecular weight is 366 g/mol. The first-order valence-electron chi connectivity index (χ1n) is 7.35. The Hall–Kier alpha value is -2.06. The SMILES string of the molecule is Cc1ccc(S(=O)(=O)Nc2ccc3c(c2)OCC(C)(C)C(=O)N3)s1. The maximum atomic E-state index is 12.4. The molecular weight excluding hydrogens is 348 g/mol. The third-order valence-corrected chi connectivity index (χ3v) is 6.54. The van der Waals surface area contributed by atoms with E-state index in [0.717, 1.165) is 4.88 Å². The number of carbonyl (C=O) groups is 1. The zero-order valence-electron chi connectivity index (χ0n) is 13.5. The second kappa shape index (κ2) is 5.78. The number of ether oxygens (including phenoxy) is 1. The van der Waals surface area contributed by atoms with Crippen LogP contribution in [0, 0.1) is 12.3 Å². The number of sulfonamides is 1. The third kappa shape index (κ3) is 3.25. The standard InChI is InChI=1S/C16H18N2O4S2/c1-10-4-7-14(23-10)24(20,21)18-11-5-6-12-13(8-11)22-9-16(2,3)15(19)17-12/h4-8,18H,9H2,1-3H3,(H,17,19). The Morgan fingerprint density at radius 2 is 2.00 bits per heavy atom. The van der Waals surface area contributed by atoms with Crippen molar-refractivity contribution in [3.8, 4) is 5.75 Å². The second-order valence-electron chi connectivity index (χ2n) is 6.31. The monoisotopic (exact) mass is 366 g/mol. The molecule has 24 heavy (non-hydrogen) atoms. The molecule has 128 valence electrons. The summed E-state index contributed by atoms with van der Waals surface area (Å²) in [7, 11) is -3.64. The Morgan fingerprint density at radius 1 is 1.25 bits per heavy atom. The van der Waals surface area contributed by atoms with Crippen molar-refractivity contribution in [2.45, 2.75) is 25.0 Å². The molecule has 8 heteroatoms. The zero-order valence-corrected chi connectivity index (χ0v) is 15.2. The van der Waals surface area contributed by atoms with Crippen LogP contribution in [0.4, 0.5) is 11.4 Å². The van der Waals surface area contributed by atoms with Gasteiger partial charge in [0.1, 0.15) is 16.6 Å². The minimum absolute atomic E-state index is 0.136. The van der Waals surface area contributed by atoms with Crippen molar-refractivity contribution in [2.75, 3.05) is 16.6 Å². The van der Waals surface area contributed by atoms with Crippen LogP contribution in [-0.2, 0) is 14.8 Å². The minimum Gasteiger partial charge on any atom is -0.490 e. The number of fused-ring (bicyclic) bond motifs is 1. The van der Waals surface area contributed by atoms with Gasteiger partial charge in [-0.05, 0) is 45.0 Å². The number of rotatable bonds is 3. The van der Waals surface area contributed by atoms with Crippen LogP contribution >= 0.6 is 11.3 Å². The fraction of sp³-hybridized carbons (Fsp3) is 0.312. The van der Waals surface area contributed by atoms with E-state index >= 15 is 0 Å². The van der Waals surface area contributed by atoms with Crippen LogP contribution in [0.1, 0.15) is 18.7 Å². The summed E-state index contributed by atoms with van der Waals surface area (Å²) in [5.41, 5.74) is 0.252.